The summed E-state index contributed by atoms with van der Waals surface area (Å²) in [6.07, 6.45) is 0. The molecule has 0 amide bonds. The number of oxime groups is 1. The van der Waals surface area contributed by atoms with Crippen LogP contribution in [0.1, 0.15) is 16.7 Å². The fraction of sp³-hybridized carbons (Fsp3) is 0.0714. The normalized spacial score (nSPS) is 16.1. The molecular weight excluding hydrogens is 230 g/mol. The molecule has 2 aromatic carbocycles. The van der Waals surface area contributed by atoms with Crippen molar-refractivity contribution >= 4 is 17.5 Å². The van der Waals surface area contributed by atoms with E-state index < -0.39 is 0 Å². The first kappa shape index (κ1) is 10.4. The molecular formula is C14H11NOS. The Morgan fingerprint density at radius 1 is 0.941 bits per heavy atom. The van der Waals surface area contributed by atoms with Crippen LogP contribution in [0.15, 0.2) is 58.6 Å². The van der Waals surface area contributed by atoms with E-state index in [4.69, 9.17) is 0 Å². The second-order valence-corrected chi connectivity index (χ2v) is 4.91. The predicted molar refractivity (Wildman–Crippen MR) is 69.9 cm³/mol. The van der Waals surface area contributed by atoms with Gasteiger partial charge in [-0.2, -0.15) is 0 Å². The fourth-order valence-electron chi connectivity index (χ4n) is 2.07. The highest BCUT2D eigenvalue weighted by Crippen LogP contribution is 2.33. The van der Waals surface area contributed by atoms with Gasteiger partial charge in [-0.15, -0.1) is 11.8 Å². The minimum absolute atomic E-state index is 0.668. The summed E-state index contributed by atoms with van der Waals surface area (Å²) in [5.41, 5.74) is 3.90. The molecule has 1 heterocycles. The van der Waals surface area contributed by atoms with Gasteiger partial charge in [-0.25, -0.2) is 0 Å². The lowest BCUT2D eigenvalue weighted by atomic mass is 9.98. The van der Waals surface area contributed by atoms with E-state index in [0.717, 1.165) is 21.8 Å². The molecule has 0 unspecified atom stereocenters. The van der Waals surface area contributed by atoms with Gasteiger partial charge >= 0.3 is 0 Å². The second kappa shape index (κ2) is 4.26. The molecule has 17 heavy (non-hydrogen) atoms. The van der Waals surface area contributed by atoms with Crippen LogP contribution >= 0.6 is 11.8 Å². The maximum atomic E-state index is 9.29. The number of rotatable bonds is 0. The van der Waals surface area contributed by atoms with Crippen LogP contribution in [-0.2, 0) is 5.75 Å². The summed E-state index contributed by atoms with van der Waals surface area (Å²) in [7, 11) is 0. The summed E-state index contributed by atoms with van der Waals surface area (Å²) in [5, 5.41) is 12.8. The van der Waals surface area contributed by atoms with Crippen LogP contribution < -0.4 is 0 Å². The molecule has 0 bridgehead atoms. The lowest BCUT2D eigenvalue weighted by Gasteiger charge is -2.06. The van der Waals surface area contributed by atoms with Gasteiger partial charge in [0.05, 0.1) is 0 Å². The number of fused-ring (bicyclic) bond motifs is 2. The van der Waals surface area contributed by atoms with E-state index in [1.807, 2.05) is 36.4 Å². The van der Waals surface area contributed by atoms with Gasteiger partial charge in [-0.05, 0) is 11.6 Å². The van der Waals surface area contributed by atoms with Gasteiger partial charge in [0.15, 0.2) is 0 Å². The summed E-state index contributed by atoms with van der Waals surface area (Å²) < 4.78 is 0. The summed E-state index contributed by atoms with van der Waals surface area (Å²) >= 11 is 1.78. The highest BCUT2D eigenvalue weighted by atomic mass is 32.2. The summed E-state index contributed by atoms with van der Waals surface area (Å²) in [5.74, 6) is 0.909. The van der Waals surface area contributed by atoms with Crippen molar-refractivity contribution in [3.8, 4) is 0 Å². The fourth-order valence-corrected chi connectivity index (χ4v) is 3.13. The van der Waals surface area contributed by atoms with E-state index in [-0.39, 0.29) is 0 Å². The molecule has 2 aromatic rings. The third-order valence-corrected chi connectivity index (χ3v) is 4.02. The van der Waals surface area contributed by atoms with Crippen molar-refractivity contribution in [2.75, 3.05) is 0 Å². The summed E-state index contributed by atoms with van der Waals surface area (Å²) in [6.45, 7) is 0. The zero-order valence-corrected chi connectivity index (χ0v) is 9.95. The van der Waals surface area contributed by atoms with Gasteiger partial charge in [0.25, 0.3) is 0 Å². The van der Waals surface area contributed by atoms with Crippen LogP contribution in [-0.4, -0.2) is 10.9 Å². The van der Waals surface area contributed by atoms with E-state index in [1.165, 1.54) is 5.56 Å². The monoisotopic (exact) mass is 241 g/mol. The first-order chi connectivity index (χ1) is 8.40. The molecule has 1 aliphatic rings. The molecule has 3 heteroatoms. The quantitative estimate of drug-likeness (QED) is 0.565. The molecule has 0 aromatic heterocycles. The van der Waals surface area contributed by atoms with Crippen molar-refractivity contribution in [3.05, 3.63) is 65.2 Å². The SMILES string of the molecule is ON=C1c2ccccc2CSc2ccccc21. The second-order valence-electron chi connectivity index (χ2n) is 3.89. The van der Waals surface area contributed by atoms with Crippen LogP contribution in [0.2, 0.25) is 0 Å². The summed E-state index contributed by atoms with van der Waals surface area (Å²) in [6, 6.07) is 16.1. The minimum atomic E-state index is 0.668. The van der Waals surface area contributed by atoms with Crippen LogP contribution in [0.4, 0.5) is 0 Å². The van der Waals surface area contributed by atoms with Crippen LogP contribution in [0.5, 0.6) is 0 Å². The Kier molecular flexibility index (Phi) is 2.61. The average molecular weight is 241 g/mol. The lowest BCUT2D eigenvalue weighted by molar-refractivity contribution is 0.319. The maximum Gasteiger partial charge on any atom is 0.118 e. The standard InChI is InChI=1S/C14H11NOS/c16-15-14-11-6-2-1-5-10(11)9-17-13-8-4-3-7-12(13)14/h1-8,16H,9H2. The maximum absolute atomic E-state index is 9.29. The smallest absolute Gasteiger partial charge is 0.118 e. The average Bonchev–Trinajstić information content (AvgIpc) is 2.55. The minimum Gasteiger partial charge on any atom is -0.410 e. The van der Waals surface area contributed by atoms with Gasteiger partial charge in [-0.3, -0.25) is 0 Å². The van der Waals surface area contributed by atoms with E-state index >= 15 is 0 Å². The van der Waals surface area contributed by atoms with Crippen LogP contribution in [0.25, 0.3) is 0 Å². The first-order valence-corrected chi connectivity index (χ1v) is 6.41. The van der Waals surface area contributed by atoms with Gasteiger partial charge in [0, 0.05) is 21.8 Å². The van der Waals surface area contributed by atoms with Gasteiger partial charge < -0.3 is 5.21 Å². The Bertz CT molecular complexity index is 543. The topological polar surface area (TPSA) is 32.6 Å². The number of thioether (sulfide) groups is 1. The Morgan fingerprint density at radius 2 is 1.65 bits per heavy atom. The molecule has 1 aliphatic heterocycles. The third-order valence-electron chi connectivity index (χ3n) is 2.90. The molecule has 0 atom stereocenters. The molecule has 0 aliphatic carbocycles. The zero-order valence-electron chi connectivity index (χ0n) is 9.13. The summed E-state index contributed by atoms with van der Waals surface area (Å²) in [4.78, 5) is 1.16. The van der Waals surface area contributed by atoms with Gasteiger partial charge in [0.1, 0.15) is 5.71 Å². The van der Waals surface area contributed by atoms with E-state index in [1.54, 1.807) is 11.8 Å². The lowest BCUT2D eigenvalue weighted by Crippen LogP contribution is -2.05. The van der Waals surface area contributed by atoms with Crippen molar-refractivity contribution in [1.82, 2.24) is 0 Å². The van der Waals surface area contributed by atoms with Crippen molar-refractivity contribution < 1.29 is 5.21 Å². The number of nitrogens with zero attached hydrogens (tertiary/aromatic N) is 1. The third kappa shape index (κ3) is 1.72. The molecule has 1 N–H and O–H groups in total. The van der Waals surface area contributed by atoms with E-state index in [0.29, 0.717) is 5.71 Å². The highest BCUT2D eigenvalue weighted by molar-refractivity contribution is 7.98. The Morgan fingerprint density at radius 3 is 2.47 bits per heavy atom. The van der Waals surface area contributed by atoms with E-state index in [9.17, 15) is 5.21 Å². The highest BCUT2D eigenvalue weighted by Gasteiger charge is 2.19. The molecule has 0 saturated carbocycles. The van der Waals surface area contributed by atoms with Crippen LogP contribution in [0, 0.1) is 0 Å². The van der Waals surface area contributed by atoms with Crippen molar-refractivity contribution in [2.24, 2.45) is 5.16 Å². The van der Waals surface area contributed by atoms with Gasteiger partial charge in [0.2, 0.25) is 0 Å². The largest absolute Gasteiger partial charge is 0.410 e. The molecule has 84 valence electrons. The van der Waals surface area contributed by atoms with Gasteiger partial charge in [-0.1, -0.05) is 47.6 Å². The Labute approximate surface area is 104 Å². The Hall–Kier alpha value is -1.74. The molecule has 0 saturated heterocycles. The number of hydrogen-bond donors (Lipinski definition) is 1. The van der Waals surface area contributed by atoms with Crippen molar-refractivity contribution in [3.63, 3.8) is 0 Å². The first-order valence-electron chi connectivity index (χ1n) is 5.42. The molecule has 0 radical (unpaired) electrons. The zero-order chi connectivity index (χ0) is 11.7. The van der Waals surface area contributed by atoms with Crippen molar-refractivity contribution in [1.29, 1.82) is 0 Å². The molecule has 0 spiro atoms. The molecule has 2 nitrogen and oxygen atoms in total. The predicted octanol–water partition coefficient (Wildman–Crippen LogP) is 3.52. The number of benzene rings is 2. The van der Waals surface area contributed by atoms with Crippen LogP contribution in [0.3, 0.4) is 0 Å². The number of hydrogen-bond acceptors (Lipinski definition) is 3. The van der Waals surface area contributed by atoms with E-state index in [2.05, 4.69) is 17.3 Å². The molecule has 3 rings (SSSR count). The molecule has 0 fully saturated rings. The van der Waals surface area contributed by atoms with Crippen molar-refractivity contribution in [2.45, 2.75) is 10.6 Å². The Balaban J connectivity index is 2.27.